The van der Waals surface area contributed by atoms with Gasteiger partial charge in [0.2, 0.25) is 0 Å². The summed E-state index contributed by atoms with van der Waals surface area (Å²) in [5.41, 5.74) is 5.96. The molecule has 0 unspecified atom stereocenters. The highest BCUT2D eigenvalue weighted by Gasteiger charge is 2.19. The Morgan fingerprint density at radius 3 is 2.43 bits per heavy atom. The van der Waals surface area contributed by atoms with Gasteiger partial charge in [0.05, 0.1) is 0 Å². The third-order valence-electron chi connectivity index (χ3n) is 3.30. The zero-order valence-electron chi connectivity index (χ0n) is 9.81. The van der Waals surface area contributed by atoms with Crippen molar-refractivity contribution in [1.29, 1.82) is 0 Å². The molecule has 84 valence electrons. The Bertz CT molecular complexity index is 148. The van der Waals surface area contributed by atoms with E-state index in [1.165, 1.54) is 32.1 Å². The Kier molecular flexibility index (Phi) is 4.90. The van der Waals surface area contributed by atoms with E-state index in [2.05, 4.69) is 19.2 Å². The molecule has 2 nitrogen and oxygen atoms in total. The SMILES string of the molecule is CC(C)(CCN)CNC1CCCCC1. The van der Waals surface area contributed by atoms with Crippen molar-refractivity contribution in [3.63, 3.8) is 0 Å². The molecular formula is C12H26N2. The predicted molar refractivity (Wildman–Crippen MR) is 62.3 cm³/mol. The highest BCUT2D eigenvalue weighted by Crippen LogP contribution is 2.21. The topological polar surface area (TPSA) is 38.0 Å². The summed E-state index contributed by atoms with van der Waals surface area (Å²) in [4.78, 5) is 0. The summed E-state index contributed by atoms with van der Waals surface area (Å²) >= 11 is 0. The van der Waals surface area contributed by atoms with Crippen LogP contribution in [-0.2, 0) is 0 Å². The molecule has 1 aliphatic carbocycles. The Morgan fingerprint density at radius 1 is 1.21 bits per heavy atom. The van der Waals surface area contributed by atoms with Crippen LogP contribution in [0.1, 0.15) is 52.4 Å². The minimum atomic E-state index is 0.367. The first-order valence-corrected chi connectivity index (χ1v) is 6.07. The molecule has 0 atom stereocenters. The fourth-order valence-electron chi connectivity index (χ4n) is 2.21. The molecule has 0 saturated heterocycles. The number of rotatable bonds is 5. The molecular weight excluding hydrogens is 172 g/mol. The van der Waals surface area contributed by atoms with Crippen LogP contribution in [0.25, 0.3) is 0 Å². The molecule has 0 aliphatic heterocycles. The first-order chi connectivity index (χ1) is 6.64. The Morgan fingerprint density at radius 2 is 1.86 bits per heavy atom. The van der Waals surface area contributed by atoms with Crippen molar-refractivity contribution < 1.29 is 0 Å². The zero-order valence-corrected chi connectivity index (χ0v) is 9.81. The van der Waals surface area contributed by atoms with Gasteiger partial charge in [-0.3, -0.25) is 0 Å². The lowest BCUT2D eigenvalue weighted by molar-refractivity contribution is 0.276. The van der Waals surface area contributed by atoms with Gasteiger partial charge in [-0.15, -0.1) is 0 Å². The average molecular weight is 198 g/mol. The summed E-state index contributed by atoms with van der Waals surface area (Å²) in [5, 5.41) is 3.69. The molecule has 0 amide bonds. The maximum atomic E-state index is 5.60. The molecule has 2 heteroatoms. The van der Waals surface area contributed by atoms with E-state index in [1.807, 2.05) is 0 Å². The van der Waals surface area contributed by atoms with Crippen molar-refractivity contribution in [2.45, 2.75) is 58.4 Å². The van der Waals surface area contributed by atoms with Gasteiger partial charge in [0, 0.05) is 12.6 Å². The van der Waals surface area contributed by atoms with Gasteiger partial charge in [-0.25, -0.2) is 0 Å². The minimum Gasteiger partial charge on any atom is -0.330 e. The van der Waals surface area contributed by atoms with E-state index in [0.29, 0.717) is 5.41 Å². The molecule has 1 aliphatic rings. The first-order valence-electron chi connectivity index (χ1n) is 6.07. The van der Waals surface area contributed by atoms with Crippen LogP contribution >= 0.6 is 0 Å². The van der Waals surface area contributed by atoms with Crippen LogP contribution in [-0.4, -0.2) is 19.1 Å². The van der Waals surface area contributed by atoms with Gasteiger partial charge in [-0.05, 0) is 31.2 Å². The molecule has 0 aromatic rings. The quantitative estimate of drug-likeness (QED) is 0.711. The molecule has 14 heavy (non-hydrogen) atoms. The van der Waals surface area contributed by atoms with Gasteiger partial charge >= 0.3 is 0 Å². The third kappa shape index (κ3) is 4.43. The van der Waals surface area contributed by atoms with E-state index in [0.717, 1.165) is 25.6 Å². The van der Waals surface area contributed by atoms with Crippen LogP contribution in [0.4, 0.5) is 0 Å². The van der Waals surface area contributed by atoms with Crippen molar-refractivity contribution in [2.75, 3.05) is 13.1 Å². The molecule has 1 fully saturated rings. The van der Waals surface area contributed by atoms with E-state index in [1.54, 1.807) is 0 Å². The van der Waals surface area contributed by atoms with Gasteiger partial charge < -0.3 is 11.1 Å². The smallest absolute Gasteiger partial charge is 0.00672 e. The van der Waals surface area contributed by atoms with E-state index >= 15 is 0 Å². The summed E-state index contributed by atoms with van der Waals surface area (Å²) in [6, 6.07) is 0.779. The molecule has 1 rings (SSSR count). The summed E-state index contributed by atoms with van der Waals surface area (Å²) < 4.78 is 0. The van der Waals surface area contributed by atoms with Crippen molar-refractivity contribution >= 4 is 0 Å². The molecule has 0 aromatic carbocycles. The first kappa shape index (κ1) is 12.0. The Labute approximate surface area is 88.6 Å². The van der Waals surface area contributed by atoms with Crippen molar-refractivity contribution in [3.05, 3.63) is 0 Å². The summed E-state index contributed by atoms with van der Waals surface area (Å²) in [7, 11) is 0. The number of nitrogens with two attached hydrogens (primary N) is 1. The molecule has 0 aromatic heterocycles. The summed E-state index contributed by atoms with van der Waals surface area (Å²) in [5.74, 6) is 0. The lowest BCUT2D eigenvalue weighted by atomic mass is 9.88. The second kappa shape index (κ2) is 5.72. The van der Waals surface area contributed by atoms with Gasteiger partial charge in [0.25, 0.3) is 0 Å². The zero-order chi connectivity index (χ0) is 10.4. The fourth-order valence-corrected chi connectivity index (χ4v) is 2.21. The van der Waals surface area contributed by atoms with Crippen molar-refractivity contribution in [3.8, 4) is 0 Å². The molecule has 3 N–H and O–H groups in total. The van der Waals surface area contributed by atoms with Gasteiger partial charge in [0.1, 0.15) is 0 Å². The predicted octanol–water partition coefficient (Wildman–Crippen LogP) is 2.28. The minimum absolute atomic E-state index is 0.367. The standard InChI is InChI=1S/C12H26N2/c1-12(2,8-9-13)10-14-11-6-4-3-5-7-11/h11,14H,3-10,13H2,1-2H3. The largest absolute Gasteiger partial charge is 0.330 e. The number of hydrogen-bond donors (Lipinski definition) is 2. The Hall–Kier alpha value is -0.0800. The second-order valence-corrected chi connectivity index (χ2v) is 5.42. The van der Waals surface area contributed by atoms with Crippen LogP contribution in [0.3, 0.4) is 0 Å². The van der Waals surface area contributed by atoms with E-state index in [9.17, 15) is 0 Å². The van der Waals surface area contributed by atoms with Crippen molar-refractivity contribution in [2.24, 2.45) is 11.1 Å². The van der Waals surface area contributed by atoms with Crippen LogP contribution in [0.5, 0.6) is 0 Å². The monoisotopic (exact) mass is 198 g/mol. The van der Waals surface area contributed by atoms with Crippen LogP contribution in [0, 0.1) is 5.41 Å². The highest BCUT2D eigenvalue weighted by atomic mass is 14.9. The number of nitrogens with one attached hydrogen (secondary N) is 1. The molecule has 0 heterocycles. The van der Waals surface area contributed by atoms with Gasteiger partial charge in [-0.1, -0.05) is 33.1 Å². The van der Waals surface area contributed by atoms with Crippen molar-refractivity contribution in [1.82, 2.24) is 5.32 Å². The lowest BCUT2D eigenvalue weighted by Crippen LogP contribution is -2.38. The van der Waals surface area contributed by atoms with Crippen LogP contribution in [0.15, 0.2) is 0 Å². The molecule has 1 saturated carbocycles. The van der Waals surface area contributed by atoms with Gasteiger partial charge in [0.15, 0.2) is 0 Å². The van der Waals surface area contributed by atoms with Gasteiger partial charge in [-0.2, -0.15) is 0 Å². The van der Waals surface area contributed by atoms with E-state index < -0.39 is 0 Å². The lowest BCUT2D eigenvalue weighted by Gasteiger charge is -2.29. The maximum absolute atomic E-state index is 5.60. The summed E-state index contributed by atoms with van der Waals surface area (Å²) in [6.07, 6.45) is 8.12. The highest BCUT2D eigenvalue weighted by molar-refractivity contribution is 4.77. The average Bonchev–Trinajstić information content (AvgIpc) is 2.17. The second-order valence-electron chi connectivity index (χ2n) is 5.42. The maximum Gasteiger partial charge on any atom is 0.00672 e. The number of hydrogen-bond acceptors (Lipinski definition) is 2. The molecule has 0 spiro atoms. The van der Waals surface area contributed by atoms with E-state index in [-0.39, 0.29) is 0 Å². The molecule has 0 bridgehead atoms. The van der Waals surface area contributed by atoms with E-state index in [4.69, 9.17) is 5.73 Å². The van der Waals surface area contributed by atoms with Crippen LogP contribution < -0.4 is 11.1 Å². The molecule has 0 radical (unpaired) electrons. The normalized spacial score (nSPS) is 19.9. The fraction of sp³-hybridized carbons (Fsp3) is 1.00. The summed E-state index contributed by atoms with van der Waals surface area (Å²) in [6.45, 7) is 6.53. The van der Waals surface area contributed by atoms with Crippen LogP contribution in [0.2, 0.25) is 0 Å². The third-order valence-corrected chi connectivity index (χ3v) is 3.30. The Balaban J connectivity index is 2.17.